The zero-order valence-corrected chi connectivity index (χ0v) is 16.6. The third-order valence-electron chi connectivity index (χ3n) is 4.94. The lowest BCUT2D eigenvalue weighted by Crippen LogP contribution is -2.46. The fourth-order valence-corrected chi connectivity index (χ4v) is 3.18. The highest BCUT2D eigenvalue weighted by molar-refractivity contribution is 5.90. The standard InChI is InChI=1S/C20H21N5O5/c1-3-29-18(27)20(9-10-20)22-16(26)12-24-19(28)30-17(23-24)15-11-21-25(13(15)2)14-7-5-4-6-8-14/h4-8,11H,3,9-10,12H2,1-2H3,(H,22,26). The van der Waals surface area contributed by atoms with E-state index < -0.39 is 23.2 Å². The number of hydrogen-bond acceptors (Lipinski definition) is 7. The highest BCUT2D eigenvalue weighted by Gasteiger charge is 2.52. The molecule has 10 heteroatoms. The van der Waals surface area contributed by atoms with Crippen LogP contribution in [0.2, 0.25) is 0 Å². The van der Waals surface area contributed by atoms with Gasteiger partial charge in [-0.1, -0.05) is 18.2 Å². The van der Waals surface area contributed by atoms with Crippen LogP contribution in [0.5, 0.6) is 0 Å². The monoisotopic (exact) mass is 411 g/mol. The van der Waals surface area contributed by atoms with Crippen LogP contribution in [0, 0.1) is 6.92 Å². The van der Waals surface area contributed by atoms with Gasteiger partial charge in [-0.25, -0.2) is 14.3 Å². The van der Waals surface area contributed by atoms with Gasteiger partial charge in [0.25, 0.3) is 5.89 Å². The molecule has 2 aromatic heterocycles. The minimum Gasteiger partial charge on any atom is -0.464 e. The van der Waals surface area contributed by atoms with Crippen LogP contribution < -0.4 is 11.1 Å². The van der Waals surface area contributed by atoms with Gasteiger partial charge in [-0.3, -0.25) is 4.79 Å². The molecule has 1 aliphatic rings. The van der Waals surface area contributed by atoms with Crippen molar-refractivity contribution in [2.75, 3.05) is 6.61 Å². The Labute approximate surface area is 171 Å². The van der Waals surface area contributed by atoms with Gasteiger partial charge >= 0.3 is 11.7 Å². The molecule has 10 nitrogen and oxygen atoms in total. The first-order valence-electron chi connectivity index (χ1n) is 9.60. The number of hydrogen-bond donors (Lipinski definition) is 1. The molecule has 30 heavy (non-hydrogen) atoms. The van der Waals surface area contributed by atoms with Crippen molar-refractivity contribution in [3.05, 3.63) is 52.8 Å². The SMILES string of the molecule is CCOC(=O)C1(NC(=O)Cn2nc(-c3cnn(-c4ccccc4)c3C)oc2=O)CC1. The van der Waals surface area contributed by atoms with Gasteiger partial charge in [0, 0.05) is 0 Å². The van der Waals surface area contributed by atoms with Gasteiger partial charge in [-0.15, -0.1) is 5.10 Å². The lowest BCUT2D eigenvalue weighted by Gasteiger charge is -2.15. The van der Waals surface area contributed by atoms with Crippen LogP contribution in [0.15, 0.2) is 45.7 Å². The fraction of sp³-hybridized carbons (Fsp3) is 0.350. The van der Waals surface area contributed by atoms with E-state index >= 15 is 0 Å². The van der Waals surface area contributed by atoms with Crippen molar-refractivity contribution >= 4 is 11.9 Å². The van der Waals surface area contributed by atoms with Crippen molar-refractivity contribution in [3.63, 3.8) is 0 Å². The van der Waals surface area contributed by atoms with Gasteiger partial charge in [-0.05, 0) is 38.8 Å². The van der Waals surface area contributed by atoms with Crippen molar-refractivity contribution in [2.24, 2.45) is 0 Å². The summed E-state index contributed by atoms with van der Waals surface area (Å²) in [6, 6.07) is 9.50. The molecule has 0 radical (unpaired) electrons. The van der Waals surface area contributed by atoms with Gasteiger partial charge < -0.3 is 14.5 Å². The summed E-state index contributed by atoms with van der Waals surface area (Å²) in [6.07, 6.45) is 2.57. The number of benzene rings is 1. The number of amides is 1. The first-order chi connectivity index (χ1) is 14.4. The Morgan fingerprint density at radius 3 is 2.67 bits per heavy atom. The summed E-state index contributed by atoms with van der Waals surface area (Å²) in [6.45, 7) is 3.40. The van der Waals surface area contributed by atoms with Crippen LogP contribution in [-0.4, -0.2) is 43.6 Å². The van der Waals surface area contributed by atoms with Crippen molar-refractivity contribution in [3.8, 4) is 17.1 Å². The maximum absolute atomic E-state index is 12.4. The zero-order chi connectivity index (χ0) is 21.3. The van der Waals surface area contributed by atoms with Gasteiger partial charge in [0.1, 0.15) is 12.1 Å². The van der Waals surface area contributed by atoms with Crippen LogP contribution in [-0.2, 0) is 20.9 Å². The van der Waals surface area contributed by atoms with Crippen LogP contribution in [0.25, 0.3) is 17.1 Å². The second-order valence-electron chi connectivity index (χ2n) is 7.07. The van der Waals surface area contributed by atoms with E-state index in [0.717, 1.165) is 16.1 Å². The maximum Gasteiger partial charge on any atom is 0.437 e. The Bertz CT molecular complexity index is 1140. The van der Waals surface area contributed by atoms with E-state index in [1.54, 1.807) is 17.8 Å². The van der Waals surface area contributed by atoms with E-state index in [0.29, 0.717) is 18.4 Å². The molecule has 1 amide bonds. The Morgan fingerprint density at radius 1 is 1.27 bits per heavy atom. The number of esters is 1. The maximum atomic E-state index is 12.4. The molecule has 0 aliphatic heterocycles. The summed E-state index contributed by atoms with van der Waals surface area (Å²) >= 11 is 0. The van der Waals surface area contributed by atoms with Crippen molar-refractivity contribution in [1.82, 2.24) is 24.9 Å². The summed E-state index contributed by atoms with van der Waals surface area (Å²) in [7, 11) is 0. The van der Waals surface area contributed by atoms with E-state index in [4.69, 9.17) is 9.15 Å². The molecule has 1 aromatic carbocycles. The molecule has 2 heterocycles. The minimum absolute atomic E-state index is 0.0685. The predicted octanol–water partition coefficient (Wildman–Crippen LogP) is 1.21. The number of ether oxygens (including phenoxy) is 1. The predicted molar refractivity (Wildman–Crippen MR) is 105 cm³/mol. The van der Waals surface area contributed by atoms with E-state index in [-0.39, 0.29) is 19.0 Å². The first-order valence-corrected chi connectivity index (χ1v) is 9.60. The summed E-state index contributed by atoms with van der Waals surface area (Å²) in [5.74, 6) is -1.68. The quantitative estimate of drug-likeness (QED) is 0.580. The summed E-state index contributed by atoms with van der Waals surface area (Å²) in [4.78, 5) is 36.5. The Morgan fingerprint density at radius 2 is 2.00 bits per heavy atom. The van der Waals surface area contributed by atoms with Gasteiger partial charge in [0.05, 0.1) is 29.7 Å². The number of nitrogens with one attached hydrogen (secondary N) is 1. The summed E-state index contributed by atoms with van der Waals surface area (Å²) in [5.41, 5.74) is 1.14. The lowest BCUT2D eigenvalue weighted by atomic mass is 10.2. The Kier molecular flexibility index (Phi) is 4.98. The molecule has 1 fully saturated rings. The first kappa shape index (κ1) is 19.6. The van der Waals surface area contributed by atoms with Crippen molar-refractivity contribution in [2.45, 2.75) is 38.8 Å². The molecular weight excluding hydrogens is 390 g/mol. The summed E-state index contributed by atoms with van der Waals surface area (Å²) < 4.78 is 12.9. The molecule has 0 saturated heterocycles. The van der Waals surface area contributed by atoms with Gasteiger partial charge in [-0.2, -0.15) is 9.78 Å². The van der Waals surface area contributed by atoms with Crippen LogP contribution in [0.4, 0.5) is 0 Å². The second-order valence-corrected chi connectivity index (χ2v) is 7.07. The molecule has 156 valence electrons. The molecule has 0 spiro atoms. The minimum atomic E-state index is -0.989. The number of carbonyl (C=O) groups excluding carboxylic acids is 2. The molecular formula is C20H21N5O5. The molecule has 1 N–H and O–H groups in total. The molecule has 0 unspecified atom stereocenters. The zero-order valence-electron chi connectivity index (χ0n) is 16.6. The Balaban J connectivity index is 1.51. The molecule has 4 rings (SSSR count). The van der Waals surface area contributed by atoms with Gasteiger partial charge in [0.2, 0.25) is 5.91 Å². The van der Waals surface area contributed by atoms with Crippen LogP contribution >= 0.6 is 0 Å². The molecule has 0 bridgehead atoms. The van der Waals surface area contributed by atoms with Crippen LogP contribution in [0.3, 0.4) is 0 Å². The van der Waals surface area contributed by atoms with E-state index in [1.165, 1.54) is 0 Å². The molecule has 1 aliphatic carbocycles. The van der Waals surface area contributed by atoms with E-state index in [9.17, 15) is 14.4 Å². The average molecular weight is 411 g/mol. The normalized spacial score (nSPS) is 14.3. The van der Waals surface area contributed by atoms with E-state index in [2.05, 4.69) is 15.5 Å². The fourth-order valence-electron chi connectivity index (χ4n) is 3.18. The number of nitrogens with zero attached hydrogens (tertiary/aromatic N) is 4. The third-order valence-corrected chi connectivity index (χ3v) is 4.94. The molecule has 1 saturated carbocycles. The highest BCUT2D eigenvalue weighted by Crippen LogP contribution is 2.36. The van der Waals surface area contributed by atoms with Gasteiger partial charge in [0.15, 0.2) is 0 Å². The summed E-state index contributed by atoms with van der Waals surface area (Å²) in [5, 5.41) is 11.1. The third kappa shape index (κ3) is 3.63. The average Bonchev–Trinajstić information content (AvgIpc) is 3.28. The lowest BCUT2D eigenvalue weighted by molar-refractivity contribution is -0.148. The van der Waals surface area contributed by atoms with E-state index in [1.807, 2.05) is 37.3 Å². The highest BCUT2D eigenvalue weighted by atomic mass is 16.5. The second kappa shape index (κ2) is 7.62. The number of rotatable bonds is 7. The molecule has 0 atom stereocenters. The molecule has 3 aromatic rings. The van der Waals surface area contributed by atoms with Crippen molar-refractivity contribution in [1.29, 1.82) is 0 Å². The van der Waals surface area contributed by atoms with Crippen molar-refractivity contribution < 1.29 is 18.7 Å². The number of aromatic nitrogens is 4. The smallest absolute Gasteiger partial charge is 0.437 e. The Hall–Kier alpha value is -3.69. The largest absolute Gasteiger partial charge is 0.464 e. The topological polar surface area (TPSA) is 121 Å². The number of carbonyl (C=O) groups is 2. The number of para-hydroxylation sites is 1. The van der Waals surface area contributed by atoms with Crippen LogP contribution in [0.1, 0.15) is 25.5 Å².